The van der Waals surface area contributed by atoms with Crippen LogP contribution in [0.3, 0.4) is 0 Å². The molecule has 0 radical (unpaired) electrons. The molecule has 0 unspecified atom stereocenters. The second-order valence-electron chi connectivity index (χ2n) is 4.57. The number of aromatic nitrogens is 3. The summed E-state index contributed by atoms with van der Waals surface area (Å²) in [5.41, 5.74) is 0. The number of carbonyl (C=O) groups is 1. The maximum atomic E-state index is 11.9. The van der Waals surface area contributed by atoms with Crippen LogP contribution >= 0.6 is 0 Å². The van der Waals surface area contributed by atoms with Crippen LogP contribution in [0.4, 0.5) is 11.9 Å². The van der Waals surface area contributed by atoms with E-state index in [-0.39, 0.29) is 18.5 Å². The van der Waals surface area contributed by atoms with E-state index in [2.05, 4.69) is 20.3 Å². The van der Waals surface area contributed by atoms with E-state index in [4.69, 9.17) is 4.74 Å². The molecule has 1 amide bonds. The van der Waals surface area contributed by atoms with E-state index < -0.39 is 0 Å². The highest BCUT2D eigenvalue weighted by atomic mass is 16.5. The second kappa shape index (κ2) is 6.36. The summed E-state index contributed by atoms with van der Waals surface area (Å²) >= 11 is 0. The van der Waals surface area contributed by atoms with Gasteiger partial charge in [0.1, 0.15) is 0 Å². The highest BCUT2D eigenvalue weighted by Gasteiger charge is 2.22. The Hall–Kier alpha value is -2.12. The molecule has 0 aromatic carbocycles. The molecule has 1 aromatic rings. The minimum atomic E-state index is 0.0619. The zero-order valence-corrected chi connectivity index (χ0v) is 12.1. The lowest BCUT2D eigenvalue weighted by Crippen LogP contribution is -2.35. The summed E-state index contributed by atoms with van der Waals surface area (Å²) in [6, 6.07) is 0.246. The van der Waals surface area contributed by atoms with Crippen LogP contribution in [-0.4, -0.2) is 66.1 Å². The van der Waals surface area contributed by atoms with E-state index in [0.717, 1.165) is 19.5 Å². The predicted octanol–water partition coefficient (Wildman–Crippen LogP) is -0.0195. The van der Waals surface area contributed by atoms with Gasteiger partial charge in [-0.25, -0.2) is 0 Å². The number of methoxy groups -OCH3 is 1. The smallest absolute Gasteiger partial charge is 0.322 e. The standard InChI is InChI=1S/C12H20N6O2/c1-4-13-10-14-11(16-12(15-10)20-3)18-7-5-6-17(2)9(19)8-18/h4-8H2,1-3H3,(H,13,14,15,16). The Balaban J connectivity index is 2.25. The fourth-order valence-electron chi connectivity index (χ4n) is 1.97. The van der Waals surface area contributed by atoms with Crippen molar-refractivity contribution in [2.24, 2.45) is 0 Å². The summed E-state index contributed by atoms with van der Waals surface area (Å²) in [4.78, 5) is 28.2. The van der Waals surface area contributed by atoms with Gasteiger partial charge >= 0.3 is 6.01 Å². The molecule has 110 valence electrons. The van der Waals surface area contributed by atoms with Crippen molar-refractivity contribution in [2.75, 3.05) is 50.6 Å². The van der Waals surface area contributed by atoms with Crippen molar-refractivity contribution >= 4 is 17.8 Å². The number of nitrogens with one attached hydrogen (secondary N) is 1. The maximum absolute atomic E-state index is 11.9. The van der Waals surface area contributed by atoms with Crippen molar-refractivity contribution < 1.29 is 9.53 Å². The molecule has 0 aliphatic carbocycles. The van der Waals surface area contributed by atoms with Crippen LogP contribution in [0.2, 0.25) is 0 Å². The van der Waals surface area contributed by atoms with E-state index in [1.54, 1.807) is 4.90 Å². The summed E-state index contributed by atoms with van der Waals surface area (Å²) in [5, 5.41) is 3.03. The van der Waals surface area contributed by atoms with Crippen LogP contribution in [0.1, 0.15) is 13.3 Å². The number of ether oxygens (including phenoxy) is 1. The fourth-order valence-corrected chi connectivity index (χ4v) is 1.97. The molecule has 1 aliphatic heterocycles. The van der Waals surface area contributed by atoms with Crippen LogP contribution in [0.15, 0.2) is 0 Å². The predicted molar refractivity (Wildman–Crippen MR) is 75.0 cm³/mol. The first kappa shape index (κ1) is 14.3. The molecule has 1 saturated heterocycles. The third-order valence-electron chi connectivity index (χ3n) is 3.08. The molecule has 8 heteroatoms. The van der Waals surface area contributed by atoms with Crippen molar-refractivity contribution in [2.45, 2.75) is 13.3 Å². The van der Waals surface area contributed by atoms with Crippen LogP contribution in [0.5, 0.6) is 6.01 Å². The van der Waals surface area contributed by atoms with E-state index in [1.165, 1.54) is 7.11 Å². The van der Waals surface area contributed by atoms with Gasteiger partial charge in [-0.2, -0.15) is 15.0 Å². The van der Waals surface area contributed by atoms with Crippen LogP contribution in [0, 0.1) is 0 Å². The van der Waals surface area contributed by atoms with Crippen molar-refractivity contribution in [3.8, 4) is 6.01 Å². The second-order valence-corrected chi connectivity index (χ2v) is 4.57. The topological polar surface area (TPSA) is 83.5 Å². The summed E-state index contributed by atoms with van der Waals surface area (Å²) < 4.78 is 5.09. The zero-order valence-electron chi connectivity index (χ0n) is 12.1. The Morgan fingerprint density at radius 1 is 1.30 bits per heavy atom. The minimum Gasteiger partial charge on any atom is -0.467 e. The Kier molecular flexibility index (Phi) is 4.54. The number of likely N-dealkylation sites (N-methyl/N-ethyl adjacent to an activating group) is 1. The molecule has 1 aliphatic rings. The molecule has 8 nitrogen and oxygen atoms in total. The summed E-state index contributed by atoms with van der Waals surface area (Å²) in [5.74, 6) is 0.989. The van der Waals surface area contributed by atoms with Crippen molar-refractivity contribution in [3.05, 3.63) is 0 Å². The van der Waals surface area contributed by atoms with E-state index in [1.807, 2.05) is 18.9 Å². The number of rotatable bonds is 4. The van der Waals surface area contributed by atoms with Crippen LogP contribution in [-0.2, 0) is 4.79 Å². The number of nitrogens with zero attached hydrogens (tertiary/aromatic N) is 5. The Labute approximate surface area is 118 Å². The van der Waals surface area contributed by atoms with Gasteiger partial charge < -0.3 is 19.9 Å². The van der Waals surface area contributed by atoms with E-state index in [0.29, 0.717) is 18.4 Å². The lowest BCUT2D eigenvalue weighted by atomic mass is 10.4. The first-order valence-electron chi connectivity index (χ1n) is 6.67. The SMILES string of the molecule is CCNc1nc(OC)nc(N2CCCN(C)C(=O)C2)n1. The molecule has 0 atom stereocenters. The van der Waals surface area contributed by atoms with Crippen LogP contribution < -0.4 is 15.0 Å². The Morgan fingerprint density at radius 3 is 2.80 bits per heavy atom. The molecule has 1 aromatic heterocycles. The number of carbonyl (C=O) groups excluding carboxylic acids is 1. The van der Waals surface area contributed by atoms with Gasteiger partial charge in [-0.3, -0.25) is 4.79 Å². The first-order valence-corrected chi connectivity index (χ1v) is 6.67. The van der Waals surface area contributed by atoms with Crippen molar-refractivity contribution in [3.63, 3.8) is 0 Å². The minimum absolute atomic E-state index is 0.0619. The van der Waals surface area contributed by atoms with E-state index >= 15 is 0 Å². The van der Waals surface area contributed by atoms with Crippen molar-refractivity contribution in [1.82, 2.24) is 19.9 Å². The molecule has 2 heterocycles. The molecule has 1 N–H and O–H groups in total. The molecule has 0 bridgehead atoms. The third-order valence-corrected chi connectivity index (χ3v) is 3.08. The average molecular weight is 280 g/mol. The Morgan fingerprint density at radius 2 is 2.10 bits per heavy atom. The third kappa shape index (κ3) is 3.25. The van der Waals surface area contributed by atoms with Gasteiger partial charge in [0, 0.05) is 26.7 Å². The summed E-state index contributed by atoms with van der Waals surface area (Å²) in [7, 11) is 3.32. The van der Waals surface area contributed by atoms with Gasteiger partial charge in [0.25, 0.3) is 0 Å². The molecule has 0 spiro atoms. The molecule has 2 rings (SSSR count). The number of hydrogen-bond acceptors (Lipinski definition) is 7. The zero-order chi connectivity index (χ0) is 14.5. The van der Waals surface area contributed by atoms with Gasteiger partial charge in [0.05, 0.1) is 13.7 Å². The quantitative estimate of drug-likeness (QED) is 0.829. The monoisotopic (exact) mass is 280 g/mol. The molecular weight excluding hydrogens is 260 g/mol. The fraction of sp³-hybridized carbons (Fsp3) is 0.667. The highest BCUT2D eigenvalue weighted by Crippen LogP contribution is 2.16. The lowest BCUT2D eigenvalue weighted by Gasteiger charge is -2.20. The van der Waals surface area contributed by atoms with E-state index in [9.17, 15) is 4.79 Å². The molecule has 1 fully saturated rings. The molecule has 20 heavy (non-hydrogen) atoms. The van der Waals surface area contributed by atoms with Gasteiger partial charge in [-0.05, 0) is 13.3 Å². The summed E-state index contributed by atoms with van der Waals surface area (Å²) in [6.45, 7) is 4.41. The first-order chi connectivity index (χ1) is 9.63. The van der Waals surface area contributed by atoms with Gasteiger partial charge in [0.2, 0.25) is 17.8 Å². The Bertz CT molecular complexity index is 481. The number of anilines is 2. The largest absolute Gasteiger partial charge is 0.467 e. The highest BCUT2D eigenvalue weighted by molar-refractivity contribution is 5.81. The van der Waals surface area contributed by atoms with Crippen LogP contribution in [0.25, 0.3) is 0 Å². The average Bonchev–Trinajstić information content (AvgIpc) is 2.61. The molecule has 0 saturated carbocycles. The van der Waals surface area contributed by atoms with Gasteiger partial charge in [-0.15, -0.1) is 0 Å². The number of amides is 1. The van der Waals surface area contributed by atoms with Gasteiger partial charge in [0.15, 0.2) is 0 Å². The molecular formula is C12H20N6O2. The maximum Gasteiger partial charge on any atom is 0.322 e. The number of hydrogen-bond donors (Lipinski definition) is 1. The summed E-state index contributed by atoms with van der Waals surface area (Å²) in [6.07, 6.45) is 0.882. The lowest BCUT2D eigenvalue weighted by molar-refractivity contribution is -0.127. The van der Waals surface area contributed by atoms with Crippen molar-refractivity contribution in [1.29, 1.82) is 0 Å². The normalized spacial score (nSPS) is 16.1. The van der Waals surface area contributed by atoms with Gasteiger partial charge in [-0.1, -0.05) is 0 Å².